The standard InChI is InChI=1S/C23H20N4O4/c24-10-5-11-25(12-14-26-20(28)16-6-1-2-7-17(16)21(26)29)13-15-27-22(30)18-8-3-4-9-19(18)23(27)31/h1-4,6-9H,5,11-15H2. The maximum Gasteiger partial charge on any atom is 0.261 e. The number of nitrogens with zero attached hydrogens (tertiary/aromatic N) is 4. The smallest absolute Gasteiger partial charge is 0.261 e. The zero-order valence-corrected chi connectivity index (χ0v) is 16.8. The lowest BCUT2D eigenvalue weighted by Crippen LogP contribution is -2.42. The zero-order chi connectivity index (χ0) is 22.0. The van der Waals surface area contributed by atoms with E-state index in [1.807, 2.05) is 4.90 Å². The molecule has 0 bridgehead atoms. The van der Waals surface area contributed by atoms with Gasteiger partial charge in [-0.15, -0.1) is 0 Å². The third-order valence-electron chi connectivity index (χ3n) is 5.58. The fourth-order valence-corrected chi connectivity index (χ4v) is 3.91. The largest absolute Gasteiger partial charge is 0.299 e. The molecule has 0 spiro atoms. The van der Waals surface area contributed by atoms with Gasteiger partial charge in [0, 0.05) is 39.1 Å². The second kappa shape index (κ2) is 8.50. The summed E-state index contributed by atoms with van der Waals surface area (Å²) >= 11 is 0. The van der Waals surface area contributed by atoms with Crippen molar-refractivity contribution in [2.24, 2.45) is 0 Å². The highest BCUT2D eigenvalue weighted by molar-refractivity contribution is 6.22. The van der Waals surface area contributed by atoms with Gasteiger partial charge in [-0.25, -0.2) is 0 Å². The Morgan fingerprint density at radius 1 is 0.645 bits per heavy atom. The van der Waals surface area contributed by atoms with Crippen LogP contribution in [0.1, 0.15) is 47.9 Å². The van der Waals surface area contributed by atoms with Crippen molar-refractivity contribution in [3.05, 3.63) is 70.8 Å². The number of fused-ring (bicyclic) bond motifs is 2. The molecule has 156 valence electrons. The molecule has 4 amide bonds. The van der Waals surface area contributed by atoms with Crippen molar-refractivity contribution < 1.29 is 19.2 Å². The molecule has 2 aromatic rings. The Kier molecular flexibility index (Phi) is 5.60. The maximum atomic E-state index is 12.5. The molecule has 0 atom stereocenters. The summed E-state index contributed by atoms with van der Waals surface area (Å²) in [4.78, 5) is 54.5. The molecular formula is C23H20N4O4. The molecule has 2 aromatic carbocycles. The average molecular weight is 416 g/mol. The van der Waals surface area contributed by atoms with Crippen LogP contribution in [0.15, 0.2) is 48.5 Å². The van der Waals surface area contributed by atoms with Gasteiger partial charge in [-0.1, -0.05) is 24.3 Å². The number of nitriles is 1. The molecule has 2 heterocycles. The Morgan fingerprint density at radius 3 is 1.32 bits per heavy atom. The summed E-state index contributed by atoms with van der Waals surface area (Å²) in [7, 11) is 0. The maximum absolute atomic E-state index is 12.5. The quantitative estimate of drug-likeness (QED) is 0.608. The highest BCUT2D eigenvalue weighted by Crippen LogP contribution is 2.23. The first kappa shape index (κ1) is 20.4. The van der Waals surface area contributed by atoms with Crippen LogP contribution in [0.2, 0.25) is 0 Å². The number of rotatable bonds is 8. The van der Waals surface area contributed by atoms with Crippen LogP contribution in [0.25, 0.3) is 0 Å². The van der Waals surface area contributed by atoms with Gasteiger partial charge in [-0.05, 0) is 24.3 Å². The molecule has 4 rings (SSSR count). The molecule has 8 nitrogen and oxygen atoms in total. The molecule has 0 aromatic heterocycles. The molecular weight excluding hydrogens is 396 g/mol. The number of carbonyl (C=O) groups excluding carboxylic acids is 4. The third-order valence-corrected chi connectivity index (χ3v) is 5.58. The summed E-state index contributed by atoms with van der Waals surface area (Å²) in [5.41, 5.74) is 1.56. The molecule has 31 heavy (non-hydrogen) atoms. The Morgan fingerprint density at radius 2 is 1.00 bits per heavy atom. The van der Waals surface area contributed by atoms with Crippen LogP contribution in [0.3, 0.4) is 0 Å². The minimum atomic E-state index is -0.332. The number of carbonyl (C=O) groups is 4. The molecule has 0 radical (unpaired) electrons. The summed E-state index contributed by atoms with van der Waals surface area (Å²) in [5, 5.41) is 8.97. The van der Waals surface area contributed by atoms with Crippen LogP contribution in [-0.4, -0.2) is 71.1 Å². The molecule has 0 N–H and O–H groups in total. The Balaban J connectivity index is 1.39. The second-order valence-corrected chi connectivity index (χ2v) is 7.36. The first-order chi connectivity index (χ1) is 15.0. The number of benzene rings is 2. The number of hydrogen-bond acceptors (Lipinski definition) is 6. The monoisotopic (exact) mass is 416 g/mol. The van der Waals surface area contributed by atoms with Crippen molar-refractivity contribution in [2.45, 2.75) is 6.42 Å². The molecule has 0 saturated carbocycles. The zero-order valence-electron chi connectivity index (χ0n) is 16.8. The Hall–Kier alpha value is -3.83. The summed E-state index contributed by atoms with van der Waals surface area (Å²) in [6.45, 7) is 1.43. The SMILES string of the molecule is N#CCCN(CCN1C(=O)c2ccccc2C1=O)CCN1C(=O)c2ccccc2C1=O. The van der Waals surface area contributed by atoms with E-state index in [0.29, 0.717) is 41.9 Å². The minimum absolute atomic E-state index is 0.167. The van der Waals surface area contributed by atoms with E-state index in [0.717, 1.165) is 0 Å². The van der Waals surface area contributed by atoms with E-state index in [4.69, 9.17) is 5.26 Å². The molecule has 0 saturated heterocycles. The molecule has 8 heteroatoms. The van der Waals surface area contributed by atoms with Crippen LogP contribution in [-0.2, 0) is 0 Å². The van der Waals surface area contributed by atoms with Crippen molar-refractivity contribution in [2.75, 3.05) is 32.7 Å². The molecule has 2 aliphatic heterocycles. The van der Waals surface area contributed by atoms with E-state index < -0.39 is 0 Å². The summed E-state index contributed by atoms with van der Waals surface area (Å²) in [6.07, 6.45) is 0.254. The molecule has 0 unspecified atom stereocenters. The minimum Gasteiger partial charge on any atom is -0.299 e. The van der Waals surface area contributed by atoms with Gasteiger partial charge in [0.1, 0.15) is 0 Å². The van der Waals surface area contributed by atoms with Gasteiger partial charge < -0.3 is 0 Å². The van der Waals surface area contributed by atoms with Crippen molar-refractivity contribution in [3.8, 4) is 6.07 Å². The first-order valence-corrected chi connectivity index (χ1v) is 10.0. The van der Waals surface area contributed by atoms with Gasteiger partial charge in [0.05, 0.1) is 28.3 Å². The highest BCUT2D eigenvalue weighted by Gasteiger charge is 2.36. The lowest BCUT2D eigenvalue weighted by molar-refractivity contribution is 0.0622. The van der Waals surface area contributed by atoms with Crippen molar-refractivity contribution >= 4 is 23.6 Å². The van der Waals surface area contributed by atoms with Crippen LogP contribution < -0.4 is 0 Å². The van der Waals surface area contributed by atoms with E-state index in [1.165, 1.54) is 9.80 Å². The fourth-order valence-electron chi connectivity index (χ4n) is 3.91. The first-order valence-electron chi connectivity index (χ1n) is 10.0. The van der Waals surface area contributed by atoms with Gasteiger partial charge in [-0.3, -0.25) is 33.9 Å². The van der Waals surface area contributed by atoms with E-state index in [9.17, 15) is 19.2 Å². The van der Waals surface area contributed by atoms with Crippen molar-refractivity contribution in [3.63, 3.8) is 0 Å². The summed E-state index contributed by atoms with van der Waals surface area (Å²) in [6, 6.07) is 15.5. The average Bonchev–Trinajstić information content (AvgIpc) is 3.18. The van der Waals surface area contributed by atoms with Gasteiger partial charge in [0.2, 0.25) is 0 Å². The predicted molar refractivity (Wildman–Crippen MR) is 110 cm³/mol. The number of hydrogen-bond donors (Lipinski definition) is 0. The lowest BCUT2D eigenvalue weighted by Gasteiger charge is -2.25. The van der Waals surface area contributed by atoms with Gasteiger partial charge >= 0.3 is 0 Å². The fraction of sp³-hybridized carbons (Fsp3) is 0.261. The van der Waals surface area contributed by atoms with Crippen molar-refractivity contribution in [1.29, 1.82) is 5.26 Å². The Bertz CT molecular complexity index is 971. The van der Waals surface area contributed by atoms with Crippen LogP contribution in [0.5, 0.6) is 0 Å². The second-order valence-electron chi connectivity index (χ2n) is 7.36. The van der Waals surface area contributed by atoms with Gasteiger partial charge in [-0.2, -0.15) is 5.26 Å². The number of amides is 4. The Labute approximate surface area is 179 Å². The van der Waals surface area contributed by atoms with E-state index >= 15 is 0 Å². The van der Waals surface area contributed by atoms with Crippen LogP contribution in [0, 0.1) is 11.3 Å². The van der Waals surface area contributed by atoms with Crippen molar-refractivity contribution in [1.82, 2.24) is 14.7 Å². The molecule has 0 aliphatic carbocycles. The van der Waals surface area contributed by atoms with E-state index in [2.05, 4.69) is 6.07 Å². The van der Waals surface area contributed by atoms with Gasteiger partial charge in [0.15, 0.2) is 0 Å². The number of imide groups is 2. The topological polar surface area (TPSA) is 102 Å². The predicted octanol–water partition coefficient (Wildman–Crippen LogP) is 1.79. The summed E-state index contributed by atoms with van der Waals surface area (Å²) in [5.74, 6) is -1.33. The highest BCUT2D eigenvalue weighted by atomic mass is 16.2. The third kappa shape index (κ3) is 3.71. The van der Waals surface area contributed by atoms with E-state index in [-0.39, 0.29) is 43.1 Å². The van der Waals surface area contributed by atoms with Crippen LogP contribution >= 0.6 is 0 Å². The normalized spacial score (nSPS) is 15.0. The van der Waals surface area contributed by atoms with Gasteiger partial charge in [0.25, 0.3) is 23.6 Å². The summed E-state index contributed by atoms with van der Waals surface area (Å²) < 4.78 is 0. The van der Waals surface area contributed by atoms with Crippen LogP contribution in [0.4, 0.5) is 0 Å². The molecule has 2 aliphatic rings. The lowest BCUT2D eigenvalue weighted by atomic mass is 10.1. The van der Waals surface area contributed by atoms with E-state index in [1.54, 1.807) is 48.5 Å². The molecule has 0 fully saturated rings.